The number of carbonyl (C=O) groups is 1. The van der Waals surface area contributed by atoms with Crippen LogP contribution in [-0.2, 0) is 28.9 Å². The third-order valence-electron chi connectivity index (χ3n) is 9.73. The zero-order chi connectivity index (χ0) is 39.2. The number of aliphatic hydroxyl groups is 4. The van der Waals surface area contributed by atoms with Crippen molar-refractivity contribution in [3.05, 3.63) is 24.3 Å². The predicted octanol–water partition coefficient (Wildman–Crippen LogP) is 6.99. The molecule has 7 unspecified atom stereocenters. The fraction of sp³-hybridized carbons (Fsp3) is 0.875. The van der Waals surface area contributed by atoms with Gasteiger partial charge in [-0.25, -0.2) is 4.18 Å². The number of unbranched alkanes of at least 4 members (excludes halogenated alkanes) is 20. The van der Waals surface area contributed by atoms with Crippen LogP contribution in [0.1, 0.15) is 168 Å². The van der Waals surface area contributed by atoms with E-state index >= 15 is 0 Å². The van der Waals surface area contributed by atoms with Gasteiger partial charge in [-0.05, 0) is 38.5 Å². The summed E-state index contributed by atoms with van der Waals surface area (Å²) < 4.78 is 47.4. The number of hydrogen-bond donors (Lipinski definition) is 6. The van der Waals surface area contributed by atoms with Crippen LogP contribution >= 0.6 is 0 Å². The van der Waals surface area contributed by atoms with Gasteiger partial charge in [0.25, 0.3) is 0 Å². The highest BCUT2D eigenvalue weighted by Gasteiger charge is 2.48. The van der Waals surface area contributed by atoms with Gasteiger partial charge in [0.15, 0.2) is 6.29 Å². The van der Waals surface area contributed by atoms with Gasteiger partial charge in [-0.15, -0.1) is 0 Å². The summed E-state index contributed by atoms with van der Waals surface area (Å²) in [5.41, 5.74) is 0. The first-order valence-electron chi connectivity index (χ1n) is 20.7. The maximum Gasteiger partial charge on any atom is 0.397 e. The SMILES string of the molecule is CCCC/C=C\CCCCCCCC(=O)NC(COC1OC(CO)C(O)C(OS(=O)(=O)O)C1O)C(O)/C=C/CCCCCCCCCCCCCCC. The summed E-state index contributed by atoms with van der Waals surface area (Å²) >= 11 is 0. The Morgan fingerprint density at radius 3 is 1.75 bits per heavy atom. The molecule has 1 rings (SSSR count). The van der Waals surface area contributed by atoms with Gasteiger partial charge < -0.3 is 35.2 Å². The fourth-order valence-electron chi connectivity index (χ4n) is 6.43. The second-order valence-corrected chi connectivity index (χ2v) is 15.6. The average molecular weight is 778 g/mol. The van der Waals surface area contributed by atoms with Gasteiger partial charge in [-0.3, -0.25) is 9.35 Å². The Morgan fingerprint density at radius 1 is 0.736 bits per heavy atom. The Hall–Kier alpha value is -1.42. The first-order chi connectivity index (χ1) is 25.5. The zero-order valence-electron chi connectivity index (χ0n) is 32.8. The lowest BCUT2D eigenvalue weighted by atomic mass is 9.99. The highest BCUT2D eigenvalue weighted by Crippen LogP contribution is 2.26. The minimum Gasteiger partial charge on any atom is -0.394 e. The van der Waals surface area contributed by atoms with E-state index in [-0.39, 0.29) is 18.9 Å². The second-order valence-electron chi connectivity index (χ2n) is 14.6. The van der Waals surface area contributed by atoms with E-state index in [4.69, 9.17) is 14.0 Å². The number of ether oxygens (including phenoxy) is 2. The van der Waals surface area contributed by atoms with Crippen LogP contribution in [0.3, 0.4) is 0 Å². The number of allylic oxidation sites excluding steroid dienone is 3. The highest BCUT2D eigenvalue weighted by atomic mass is 32.3. The topological polar surface area (TPSA) is 192 Å². The molecule has 1 aliphatic heterocycles. The molecular weight excluding hydrogens is 703 g/mol. The van der Waals surface area contributed by atoms with Crippen molar-refractivity contribution >= 4 is 16.3 Å². The summed E-state index contributed by atoms with van der Waals surface area (Å²) in [6.45, 7) is 3.31. The van der Waals surface area contributed by atoms with Crippen molar-refractivity contribution in [3.8, 4) is 0 Å². The van der Waals surface area contributed by atoms with Crippen LogP contribution in [0.4, 0.5) is 0 Å². The number of hydrogen-bond acceptors (Lipinski definition) is 10. The van der Waals surface area contributed by atoms with E-state index in [0.717, 1.165) is 57.8 Å². The molecule has 0 bridgehead atoms. The third-order valence-corrected chi connectivity index (χ3v) is 10.2. The van der Waals surface area contributed by atoms with Crippen LogP contribution in [0, 0.1) is 0 Å². The maximum atomic E-state index is 12.9. The molecule has 7 atom stereocenters. The molecule has 0 radical (unpaired) electrons. The summed E-state index contributed by atoms with van der Waals surface area (Å²) in [5.74, 6) is -0.275. The van der Waals surface area contributed by atoms with Crippen molar-refractivity contribution < 1.29 is 51.8 Å². The number of rotatable bonds is 34. The van der Waals surface area contributed by atoms with Gasteiger partial charge in [0.1, 0.15) is 24.4 Å². The molecule has 0 aromatic carbocycles. The van der Waals surface area contributed by atoms with Crippen molar-refractivity contribution in [1.82, 2.24) is 5.32 Å². The molecule has 1 fully saturated rings. The van der Waals surface area contributed by atoms with E-state index in [1.165, 1.54) is 83.5 Å². The molecule has 53 heavy (non-hydrogen) atoms. The van der Waals surface area contributed by atoms with Crippen molar-refractivity contribution in [1.29, 1.82) is 0 Å². The third kappa shape index (κ3) is 25.4. The van der Waals surface area contributed by atoms with Crippen LogP contribution in [0.2, 0.25) is 0 Å². The number of aliphatic hydroxyl groups excluding tert-OH is 4. The Balaban J connectivity index is 2.61. The smallest absolute Gasteiger partial charge is 0.394 e. The molecule has 0 aromatic rings. The van der Waals surface area contributed by atoms with Gasteiger partial charge in [-0.1, -0.05) is 147 Å². The van der Waals surface area contributed by atoms with Crippen LogP contribution in [0.5, 0.6) is 0 Å². The van der Waals surface area contributed by atoms with Crippen LogP contribution in [-0.4, -0.2) is 95.4 Å². The second kappa shape index (κ2) is 31.7. The Bertz CT molecular complexity index is 1060. The summed E-state index contributed by atoms with van der Waals surface area (Å²) in [6, 6.07) is -0.943. The number of amides is 1. The van der Waals surface area contributed by atoms with E-state index in [1.807, 2.05) is 6.08 Å². The molecule has 1 heterocycles. The normalized spacial score (nSPS) is 22.1. The molecule has 0 spiro atoms. The molecule has 312 valence electrons. The lowest BCUT2D eigenvalue weighted by Crippen LogP contribution is -2.61. The molecule has 0 saturated carbocycles. The zero-order valence-corrected chi connectivity index (χ0v) is 33.6. The minimum absolute atomic E-state index is 0.258. The van der Waals surface area contributed by atoms with E-state index in [9.17, 15) is 33.6 Å². The van der Waals surface area contributed by atoms with Gasteiger partial charge in [0, 0.05) is 6.42 Å². The van der Waals surface area contributed by atoms with Crippen molar-refractivity contribution in [2.75, 3.05) is 13.2 Å². The first-order valence-corrected chi connectivity index (χ1v) is 22.1. The lowest BCUT2D eigenvalue weighted by Gasteiger charge is -2.41. The van der Waals surface area contributed by atoms with Crippen molar-refractivity contribution in [2.24, 2.45) is 0 Å². The van der Waals surface area contributed by atoms with Crippen LogP contribution < -0.4 is 5.32 Å². The quantitative estimate of drug-likeness (QED) is 0.0224. The van der Waals surface area contributed by atoms with E-state index in [0.29, 0.717) is 6.42 Å². The minimum atomic E-state index is -5.08. The van der Waals surface area contributed by atoms with E-state index in [2.05, 4.69) is 35.5 Å². The lowest BCUT2D eigenvalue weighted by molar-refractivity contribution is -0.298. The fourth-order valence-corrected chi connectivity index (χ4v) is 6.94. The van der Waals surface area contributed by atoms with Gasteiger partial charge >= 0.3 is 10.4 Å². The van der Waals surface area contributed by atoms with E-state index in [1.54, 1.807) is 6.08 Å². The standard InChI is InChI=1S/C40H75NO11S/c1-3-5-7-9-11-13-15-16-17-18-20-21-23-25-27-29-34(43)33(41-36(44)30-28-26-24-22-19-14-12-10-8-6-4-2)32-50-40-38(46)39(52-53(47,48)49)37(45)35(31-42)51-40/h10,12,27,29,33-35,37-40,42-43,45-46H,3-9,11,13-26,28,30-32H2,1-2H3,(H,41,44)(H,47,48,49)/b12-10-,29-27+. The molecule has 1 aliphatic rings. The monoisotopic (exact) mass is 778 g/mol. The molecule has 12 nitrogen and oxygen atoms in total. The predicted molar refractivity (Wildman–Crippen MR) is 209 cm³/mol. The Morgan fingerprint density at radius 2 is 1.23 bits per heavy atom. The summed E-state index contributed by atoms with van der Waals surface area (Å²) in [5, 5.41) is 44.5. The molecular formula is C40H75NO11S. The molecule has 1 saturated heterocycles. The van der Waals surface area contributed by atoms with Gasteiger partial charge in [0.2, 0.25) is 5.91 Å². The van der Waals surface area contributed by atoms with Crippen LogP contribution in [0.15, 0.2) is 24.3 Å². The highest BCUT2D eigenvalue weighted by molar-refractivity contribution is 7.80. The summed E-state index contributed by atoms with van der Waals surface area (Å²) in [6.07, 6.45) is 25.1. The summed E-state index contributed by atoms with van der Waals surface area (Å²) in [7, 11) is -5.08. The Labute approximate surface area is 321 Å². The molecule has 13 heteroatoms. The van der Waals surface area contributed by atoms with Crippen molar-refractivity contribution in [2.45, 2.75) is 211 Å². The average Bonchev–Trinajstić information content (AvgIpc) is 3.12. The molecule has 0 aromatic heterocycles. The van der Waals surface area contributed by atoms with E-state index < -0.39 is 59.9 Å². The summed E-state index contributed by atoms with van der Waals surface area (Å²) in [4.78, 5) is 12.9. The molecule has 6 N–H and O–H groups in total. The van der Waals surface area contributed by atoms with Crippen LogP contribution in [0.25, 0.3) is 0 Å². The molecule has 1 amide bonds. The largest absolute Gasteiger partial charge is 0.397 e. The maximum absolute atomic E-state index is 12.9. The van der Waals surface area contributed by atoms with Gasteiger partial charge in [0.05, 0.1) is 25.4 Å². The van der Waals surface area contributed by atoms with Gasteiger partial charge in [-0.2, -0.15) is 8.42 Å². The number of nitrogens with one attached hydrogen (secondary N) is 1. The van der Waals surface area contributed by atoms with Crippen molar-refractivity contribution in [3.63, 3.8) is 0 Å². The molecule has 0 aliphatic carbocycles. The first kappa shape index (κ1) is 49.6. The Kier molecular flexibility index (Phi) is 29.7. The number of carbonyl (C=O) groups excluding carboxylic acids is 1.